The molecule has 0 atom stereocenters. The van der Waals surface area contributed by atoms with Crippen molar-refractivity contribution in [1.29, 1.82) is 0 Å². The molecule has 9 heteroatoms. The average Bonchev–Trinajstić information content (AvgIpc) is 2.78. The van der Waals surface area contributed by atoms with Crippen LogP contribution < -0.4 is 10.1 Å². The molecule has 1 heterocycles. The molecule has 1 saturated heterocycles. The zero-order chi connectivity index (χ0) is 23.4. The van der Waals surface area contributed by atoms with E-state index in [0.717, 1.165) is 4.90 Å². The van der Waals surface area contributed by atoms with E-state index in [1.165, 1.54) is 34.8 Å². The van der Waals surface area contributed by atoms with Crippen molar-refractivity contribution in [2.45, 2.75) is 36.0 Å². The molecule has 2 aromatic carbocycles. The minimum Gasteiger partial charge on any atom is -0.495 e. The molecule has 2 aromatic rings. The van der Waals surface area contributed by atoms with Crippen LogP contribution in [0, 0.1) is 0 Å². The highest BCUT2D eigenvalue weighted by molar-refractivity contribution is 8.00. The number of thioether (sulfide) groups is 1. The van der Waals surface area contributed by atoms with Crippen molar-refractivity contribution in [2.24, 2.45) is 0 Å². The van der Waals surface area contributed by atoms with Crippen LogP contribution in [0.15, 0.2) is 52.3 Å². The molecule has 7 nitrogen and oxygen atoms in total. The number of morpholine rings is 1. The van der Waals surface area contributed by atoms with E-state index in [1.807, 2.05) is 12.1 Å². The summed E-state index contributed by atoms with van der Waals surface area (Å²) in [4.78, 5) is 13.5. The summed E-state index contributed by atoms with van der Waals surface area (Å²) in [5, 5.41) is 2.79. The topological polar surface area (TPSA) is 84.9 Å². The third-order valence-electron chi connectivity index (χ3n) is 5.13. The van der Waals surface area contributed by atoms with Crippen LogP contribution in [0.25, 0.3) is 0 Å². The first-order chi connectivity index (χ1) is 15.1. The number of sulfonamides is 1. The molecule has 0 aromatic heterocycles. The lowest BCUT2D eigenvalue weighted by Crippen LogP contribution is -2.40. The lowest BCUT2D eigenvalue weighted by atomic mass is 9.87. The van der Waals surface area contributed by atoms with Gasteiger partial charge in [-0.25, -0.2) is 8.42 Å². The number of amides is 1. The Balaban J connectivity index is 1.68. The molecule has 32 heavy (non-hydrogen) atoms. The number of hydrogen-bond acceptors (Lipinski definition) is 6. The van der Waals surface area contributed by atoms with Crippen LogP contribution in [0.4, 0.5) is 5.69 Å². The largest absolute Gasteiger partial charge is 0.495 e. The zero-order valence-corrected chi connectivity index (χ0v) is 20.5. The van der Waals surface area contributed by atoms with Crippen molar-refractivity contribution >= 4 is 33.4 Å². The highest BCUT2D eigenvalue weighted by Gasteiger charge is 2.29. The Morgan fingerprint density at radius 2 is 1.78 bits per heavy atom. The normalized spacial score (nSPS) is 15.4. The lowest BCUT2D eigenvalue weighted by molar-refractivity contribution is -0.113. The minimum absolute atomic E-state index is 0.0325. The molecule has 1 fully saturated rings. The molecule has 1 N–H and O–H groups in total. The fourth-order valence-electron chi connectivity index (χ4n) is 3.28. The molecule has 0 saturated carbocycles. The van der Waals surface area contributed by atoms with Crippen molar-refractivity contribution in [2.75, 3.05) is 44.5 Å². The van der Waals surface area contributed by atoms with Gasteiger partial charge in [-0.2, -0.15) is 4.31 Å². The first-order valence-corrected chi connectivity index (χ1v) is 12.8. The number of nitrogens with zero attached hydrogens (tertiary/aromatic N) is 1. The van der Waals surface area contributed by atoms with Gasteiger partial charge in [-0.15, -0.1) is 11.8 Å². The Morgan fingerprint density at radius 1 is 1.12 bits per heavy atom. The molecular weight excluding hydrogens is 448 g/mol. The number of carbonyl (C=O) groups is 1. The van der Waals surface area contributed by atoms with Gasteiger partial charge in [0.2, 0.25) is 15.9 Å². The number of ether oxygens (including phenoxy) is 2. The van der Waals surface area contributed by atoms with Crippen molar-refractivity contribution in [3.05, 3.63) is 48.0 Å². The smallest absolute Gasteiger partial charge is 0.246 e. The van der Waals surface area contributed by atoms with Crippen molar-refractivity contribution in [3.63, 3.8) is 0 Å². The molecule has 3 rings (SSSR count). The van der Waals surface area contributed by atoms with Gasteiger partial charge in [0.05, 0.1) is 26.1 Å². The Kier molecular flexibility index (Phi) is 7.87. The van der Waals surface area contributed by atoms with Crippen LogP contribution >= 0.6 is 11.8 Å². The van der Waals surface area contributed by atoms with Crippen molar-refractivity contribution in [1.82, 2.24) is 4.31 Å². The summed E-state index contributed by atoms with van der Waals surface area (Å²) < 4.78 is 38.1. The van der Waals surface area contributed by atoms with Crippen molar-refractivity contribution in [3.8, 4) is 5.75 Å². The van der Waals surface area contributed by atoms with E-state index in [0.29, 0.717) is 18.9 Å². The van der Waals surface area contributed by atoms with Crippen LogP contribution in [0.1, 0.15) is 26.3 Å². The van der Waals surface area contributed by atoms with Gasteiger partial charge >= 0.3 is 0 Å². The summed E-state index contributed by atoms with van der Waals surface area (Å²) in [6.45, 7) is 7.75. The fraction of sp³-hybridized carbons (Fsp3) is 0.435. The highest BCUT2D eigenvalue weighted by atomic mass is 32.2. The number of benzene rings is 2. The second kappa shape index (κ2) is 10.2. The van der Waals surface area contributed by atoms with E-state index >= 15 is 0 Å². The second-order valence-corrected chi connectivity index (χ2v) is 11.4. The summed E-state index contributed by atoms with van der Waals surface area (Å²) in [5.41, 5.74) is 1.72. The molecule has 0 spiro atoms. The summed E-state index contributed by atoms with van der Waals surface area (Å²) in [5.74, 6) is 0.240. The predicted octanol–water partition coefficient (Wildman–Crippen LogP) is 3.74. The number of anilines is 1. The highest BCUT2D eigenvalue weighted by Crippen LogP contribution is 2.30. The van der Waals surface area contributed by atoms with Crippen LogP contribution in [-0.4, -0.2) is 57.8 Å². The summed E-state index contributed by atoms with van der Waals surface area (Å²) in [6, 6.07) is 12.8. The van der Waals surface area contributed by atoms with Gasteiger partial charge in [-0.1, -0.05) is 32.9 Å². The average molecular weight is 479 g/mol. The van der Waals surface area contributed by atoms with E-state index in [9.17, 15) is 13.2 Å². The molecule has 0 bridgehead atoms. The maximum Gasteiger partial charge on any atom is 0.246 e. The zero-order valence-electron chi connectivity index (χ0n) is 18.9. The minimum atomic E-state index is -3.76. The monoisotopic (exact) mass is 478 g/mol. The number of nitrogens with one attached hydrogen (secondary N) is 1. The van der Waals surface area contributed by atoms with Crippen LogP contribution in [0.5, 0.6) is 5.75 Å². The molecule has 1 aliphatic rings. The SMILES string of the molecule is COc1ccc(NC(=O)CSc2ccc(C(C)(C)C)cc2)cc1S(=O)(=O)N1CCOCC1. The number of carbonyl (C=O) groups excluding carboxylic acids is 1. The lowest BCUT2D eigenvalue weighted by Gasteiger charge is -2.26. The molecule has 0 unspecified atom stereocenters. The summed E-state index contributed by atoms with van der Waals surface area (Å²) in [6.07, 6.45) is 0. The predicted molar refractivity (Wildman–Crippen MR) is 127 cm³/mol. The van der Waals surface area contributed by atoms with Gasteiger partial charge in [0.1, 0.15) is 10.6 Å². The number of hydrogen-bond donors (Lipinski definition) is 1. The number of rotatable bonds is 7. The number of methoxy groups -OCH3 is 1. The third-order valence-corrected chi connectivity index (χ3v) is 8.06. The first kappa shape index (κ1) is 24.6. The van der Waals surface area contributed by atoms with E-state index < -0.39 is 10.0 Å². The summed E-state index contributed by atoms with van der Waals surface area (Å²) in [7, 11) is -2.34. The Bertz CT molecular complexity index is 1040. The Hall–Kier alpha value is -2.07. The summed E-state index contributed by atoms with van der Waals surface area (Å²) >= 11 is 1.43. The van der Waals surface area contributed by atoms with Crippen LogP contribution in [-0.2, 0) is 25.0 Å². The van der Waals surface area contributed by atoms with Gasteiger partial charge in [-0.3, -0.25) is 4.79 Å². The maximum absolute atomic E-state index is 13.1. The standard InChI is InChI=1S/C23H30N2O5S2/c1-23(2,3)17-5-8-19(9-6-17)31-16-22(26)24-18-7-10-20(29-4)21(15-18)32(27,28)25-11-13-30-14-12-25/h5-10,15H,11-14,16H2,1-4H3,(H,24,26). The van der Waals surface area contributed by atoms with Crippen molar-refractivity contribution < 1.29 is 22.7 Å². The van der Waals surface area contributed by atoms with Gasteiger partial charge in [0, 0.05) is 23.7 Å². The molecule has 1 amide bonds. The quantitative estimate of drug-likeness (QED) is 0.610. The molecule has 0 radical (unpaired) electrons. The van der Waals surface area contributed by atoms with Gasteiger partial charge < -0.3 is 14.8 Å². The third kappa shape index (κ3) is 6.04. The molecular formula is C23H30N2O5S2. The molecule has 0 aliphatic carbocycles. The van der Waals surface area contributed by atoms with E-state index in [2.05, 4.69) is 38.2 Å². The van der Waals surface area contributed by atoms with Crippen LogP contribution in [0.3, 0.4) is 0 Å². The maximum atomic E-state index is 13.1. The molecule has 174 valence electrons. The molecule has 1 aliphatic heterocycles. The van der Waals surface area contributed by atoms with E-state index in [1.54, 1.807) is 12.1 Å². The second-order valence-electron chi connectivity index (χ2n) is 8.49. The van der Waals surface area contributed by atoms with Gasteiger partial charge in [-0.05, 0) is 41.3 Å². The first-order valence-electron chi connectivity index (χ1n) is 10.4. The van der Waals surface area contributed by atoms with Gasteiger partial charge in [0.15, 0.2) is 0 Å². The van der Waals surface area contributed by atoms with E-state index in [4.69, 9.17) is 9.47 Å². The van der Waals surface area contributed by atoms with E-state index in [-0.39, 0.29) is 40.8 Å². The fourth-order valence-corrected chi connectivity index (χ4v) is 5.57. The van der Waals surface area contributed by atoms with Gasteiger partial charge in [0.25, 0.3) is 0 Å². The Morgan fingerprint density at radius 3 is 2.38 bits per heavy atom. The Labute approximate surface area is 194 Å². The van der Waals surface area contributed by atoms with Crippen LogP contribution in [0.2, 0.25) is 0 Å².